The molecular formula is C37H47BrN4O7. The zero-order chi connectivity index (χ0) is 35.9. The molecule has 1 saturated carbocycles. The van der Waals surface area contributed by atoms with Crippen LogP contribution in [0.4, 0.5) is 15.3 Å². The van der Waals surface area contributed by atoms with Crippen LogP contribution in [-0.4, -0.2) is 51.4 Å². The lowest BCUT2D eigenvalue weighted by molar-refractivity contribution is -0.129. The predicted molar refractivity (Wildman–Crippen MR) is 191 cm³/mol. The summed E-state index contributed by atoms with van der Waals surface area (Å²) in [6, 6.07) is 15.8. The molecule has 3 N–H and O–H groups in total. The standard InChI is InChI=1S/C37H47BrN4O7/c1-36(2,3)48-34(46)39-22-24-7-11-26(12-8-24)31(43)20-27(19-23-9-15-28(38)16-10-23)33(45)40-29-17-13-25(14-18-29)30-21-32(44)41-42(30)35(47)49-37(4,5)6/h9-10,13-18,21,24,26-27H,7-8,11-12,19-20,22H2,1-6H3,(H,39,46)(H,40,45)(H,41,44). The molecule has 2 aromatic carbocycles. The van der Waals surface area contributed by atoms with Gasteiger partial charge in [0.05, 0.1) is 5.69 Å². The highest BCUT2D eigenvalue weighted by molar-refractivity contribution is 9.10. The molecule has 49 heavy (non-hydrogen) atoms. The Morgan fingerprint density at radius 3 is 2.10 bits per heavy atom. The highest BCUT2D eigenvalue weighted by atomic mass is 79.9. The summed E-state index contributed by atoms with van der Waals surface area (Å²) in [4.78, 5) is 64.2. The Morgan fingerprint density at radius 1 is 0.898 bits per heavy atom. The van der Waals surface area contributed by atoms with Gasteiger partial charge >= 0.3 is 12.2 Å². The second-order valence-electron chi connectivity index (χ2n) is 14.7. The van der Waals surface area contributed by atoms with E-state index in [4.69, 9.17) is 9.47 Å². The Balaban J connectivity index is 1.41. The first kappa shape index (κ1) is 37.6. The summed E-state index contributed by atoms with van der Waals surface area (Å²) < 4.78 is 12.7. The second-order valence-corrected chi connectivity index (χ2v) is 15.6. The van der Waals surface area contributed by atoms with Crippen LogP contribution in [0.25, 0.3) is 11.3 Å². The van der Waals surface area contributed by atoms with Crippen LogP contribution in [-0.2, 0) is 25.5 Å². The SMILES string of the molecule is CC(C)(C)OC(=O)NCC1CCC(C(=O)CC(Cc2ccc(Br)cc2)C(=O)Nc2ccc(-c3cc(=O)[nH]n3C(=O)OC(C)(C)C)cc2)CC1. The Hall–Kier alpha value is -4.19. The molecule has 4 rings (SSSR count). The molecule has 264 valence electrons. The van der Waals surface area contributed by atoms with Gasteiger partial charge in [-0.3, -0.25) is 19.5 Å². The number of anilines is 1. The summed E-state index contributed by atoms with van der Waals surface area (Å²) in [7, 11) is 0. The third-order valence-corrected chi connectivity index (χ3v) is 8.73. The molecule has 1 aliphatic carbocycles. The number of amides is 2. The fourth-order valence-electron chi connectivity index (χ4n) is 5.83. The second kappa shape index (κ2) is 16.0. The molecule has 1 aliphatic rings. The number of aromatic amines is 1. The van der Waals surface area contributed by atoms with Gasteiger partial charge in [0.25, 0.3) is 5.56 Å². The van der Waals surface area contributed by atoms with E-state index in [1.807, 2.05) is 45.0 Å². The predicted octanol–water partition coefficient (Wildman–Crippen LogP) is 7.48. The average Bonchev–Trinajstić information content (AvgIpc) is 3.41. The largest absolute Gasteiger partial charge is 0.444 e. The van der Waals surface area contributed by atoms with Crippen molar-refractivity contribution in [1.29, 1.82) is 0 Å². The number of halogens is 1. The Labute approximate surface area is 295 Å². The van der Waals surface area contributed by atoms with Crippen LogP contribution < -0.4 is 16.2 Å². The Morgan fingerprint density at radius 2 is 1.51 bits per heavy atom. The van der Waals surface area contributed by atoms with Crippen molar-refractivity contribution in [3.8, 4) is 11.3 Å². The number of benzene rings is 2. The average molecular weight is 740 g/mol. The van der Waals surface area contributed by atoms with Crippen LogP contribution in [0.5, 0.6) is 0 Å². The summed E-state index contributed by atoms with van der Waals surface area (Å²) in [6.07, 6.45) is 2.39. The normalized spacial score (nSPS) is 17.1. The number of hydrogen-bond acceptors (Lipinski definition) is 7. The number of carbonyl (C=O) groups is 4. The number of aromatic nitrogens is 2. The molecule has 0 bridgehead atoms. The first-order valence-electron chi connectivity index (χ1n) is 16.7. The molecule has 1 unspecified atom stereocenters. The number of ether oxygens (including phenoxy) is 2. The smallest absolute Gasteiger partial charge is 0.434 e. The first-order chi connectivity index (χ1) is 23.0. The van der Waals surface area contributed by atoms with E-state index in [0.717, 1.165) is 27.6 Å². The molecule has 1 heterocycles. The van der Waals surface area contributed by atoms with Gasteiger partial charge in [0.2, 0.25) is 5.91 Å². The minimum Gasteiger partial charge on any atom is -0.444 e. The van der Waals surface area contributed by atoms with Gasteiger partial charge in [-0.1, -0.05) is 40.2 Å². The lowest BCUT2D eigenvalue weighted by Crippen LogP contribution is -2.37. The minimum absolute atomic E-state index is 0.0683. The van der Waals surface area contributed by atoms with Crippen molar-refractivity contribution in [3.05, 3.63) is 75.0 Å². The van der Waals surface area contributed by atoms with Gasteiger partial charge < -0.3 is 20.1 Å². The molecule has 0 saturated heterocycles. The third-order valence-electron chi connectivity index (χ3n) is 8.20. The maximum absolute atomic E-state index is 13.7. The van der Waals surface area contributed by atoms with E-state index >= 15 is 0 Å². The molecular weight excluding hydrogens is 692 g/mol. The fourth-order valence-corrected chi connectivity index (χ4v) is 6.09. The molecule has 11 nitrogen and oxygen atoms in total. The van der Waals surface area contributed by atoms with Crippen molar-refractivity contribution in [2.45, 2.75) is 91.3 Å². The Kier molecular flexibility index (Phi) is 12.3. The van der Waals surface area contributed by atoms with Crippen molar-refractivity contribution >= 4 is 45.5 Å². The first-order valence-corrected chi connectivity index (χ1v) is 17.5. The maximum Gasteiger partial charge on any atom is 0.434 e. The molecule has 0 radical (unpaired) electrons. The zero-order valence-electron chi connectivity index (χ0n) is 29.1. The lowest BCUT2D eigenvalue weighted by atomic mass is 9.77. The molecule has 12 heteroatoms. The molecule has 1 fully saturated rings. The number of nitrogens with zero attached hydrogens (tertiary/aromatic N) is 1. The van der Waals surface area contributed by atoms with E-state index < -0.39 is 34.9 Å². The van der Waals surface area contributed by atoms with Crippen molar-refractivity contribution in [2.24, 2.45) is 17.8 Å². The van der Waals surface area contributed by atoms with Gasteiger partial charge in [0.15, 0.2) is 0 Å². The number of rotatable bonds is 10. The third kappa shape index (κ3) is 11.7. The van der Waals surface area contributed by atoms with Crippen LogP contribution in [0.3, 0.4) is 0 Å². The molecule has 0 aliphatic heterocycles. The van der Waals surface area contributed by atoms with E-state index in [1.165, 1.54) is 6.07 Å². The number of carbonyl (C=O) groups excluding carboxylic acids is 4. The number of nitrogens with one attached hydrogen (secondary N) is 3. The van der Waals surface area contributed by atoms with E-state index in [-0.39, 0.29) is 29.9 Å². The number of H-pyrrole nitrogens is 1. The summed E-state index contributed by atoms with van der Waals surface area (Å²) in [5, 5.41) is 8.29. The van der Waals surface area contributed by atoms with Gasteiger partial charge in [0, 0.05) is 46.6 Å². The summed E-state index contributed by atoms with van der Waals surface area (Å²) in [6.45, 7) is 11.2. The molecule has 3 aromatic rings. The molecule has 1 aromatic heterocycles. The van der Waals surface area contributed by atoms with E-state index in [2.05, 4.69) is 31.7 Å². The van der Waals surface area contributed by atoms with Gasteiger partial charge in [-0.2, -0.15) is 4.68 Å². The minimum atomic E-state index is -0.752. The van der Waals surface area contributed by atoms with E-state index in [1.54, 1.807) is 45.0 Å². The van der Waals surface area contributed by atoms with Crippen molar-refractivity contribution < 1.29 is 28.7 Å². The topological polar surface area (TPSA) is 149 Å². The van der Waals surface area contributed by atoms with Crippen LogP contribution in [0.15, 0.2) is 63.9 Å². The van der Waals surface area contributed by atoms with Crippen LogP contribution in [0.2, 0.25) is 0 Å². The van der Waals surface area contributed by atoms with Gasteiger partial charge in [0.1, 0.15) is 17.0 Å². The van der Waals surface area contributed by atoms with Gasteiger partial charge in [-0.05, 0) is 109 Å². The van der Waals surface area contributed by atoms with Crippen molar-refractivity contribution in [3.63, 3.8) is 0 Å². The van der Waals surface area contributed by atoms with Crippen LogP contribution in [0.1, 0.15) is 79.2 Å². The number of Topliss-reactive ketones (excluding diaryl/α,β-unsaturated/α-hetero) is 1. The summed E-state index contributed by atoms with van der Waals surface area (Å²) >= 11 is 3.45. The maximum atomic E-state index is 13.7. The van der Waals surface area contributed by atoms with Gasteiger partial charge in [-0.15, -0.1) is 0 Å². The molecule has 2 amide bonds. The highest BCUT2D eigenvalue weighted by Gasteiger charge is 2.31. The highest BCUT2D eigenvalue weighted by Crippen LogP contribution is 2.32. The fraction of sp³-hybridized carbons (Fsp3) is 0.486. The summed E-state index contributed by atoms with van der Waals surface area (Å²) in [5.41, 5.74) is 0.584. The number of alkyl carbamates (subject to hydrolysis) is 1. The van der Waals surface area contributed by atoms with E-state index in [0.29, 0.717) is 42.8 Å². The monoisotopic (exact) mass is 738 g/mol. The van der Waals surface area contributed by atoms with Crippen molar-refractivity contribution in [1.82, 2.24) is 15.1 Å². The van der Waals surface area contributed by atoms with Crippen LogP contribution in [0, 0.1) is 17.8 Å². The van der Waals surface area contributed by atoms with E-state index in [9.17, 15) is 24.0 Å². The number of ketones is 1. The molecule has 1 atom stereocenters. The summed E-state index contributed by atoms with van der Waals surface area (Å²) in [5.74, 6) is -0.667. The zero-order valence-corrected chi connectivity index (χ0v) is 30.6. The van der Waals surface area contributed by atoms with Crippen molar-refractivity contribution in [2.75, 3.05) is 11.9 Å². The Bertz CT molecular complexity index is 1670. The number of hydrogen-bond donors (Lipinski definition) is 3. The van der Waals surface area contributed by atoms with Crippen LogP contribution >= 0.6 is 15.9 Å². The van der Waals surface area contributed by atoms with Gasteiger partial charge in [-0.25, -0.2) is 9.59 Å². The quantitative estimate of drug-likeness (QED) is 0.195. The molecule has 0 spiro atoms. The lowest BCUT2D eigenvalue weighted by Gasteiger charge is -2.29.